The molecule has 6 heteroatoms. The summed E-state index contributed by atoms with van der Waals surface area (Å²) < 4.78 is 5.42. The number of benzene rings is 1. The Labute approximate surface area is 143 Å². The van der Waals surface area contributed by atoms with E-state index in [4.69, 9.17) is 4.74 Å². The minimum atomic E-state index is -0.274. The summed E-state index contributed by atoms with van der Waals surface area (Å²) in [6.07, 6.45) is 0.447. The number of anilines is 1. The molecule has 0 unspecified atom stereocenters. The Morgan fingerprint density at radius 3 is 2.54 bits per heavy atom. The van der Waals surface area contributed by atoms with Crippen LogP contribution in [0.15, 0.2) is 24.3 Å². The van der Waals surface area contributed by atoms with E-state index in [-0.39, 0.29) is 23.4 Å². The fourth-order valence-electron chi connectivity index (χ4n) is 2.68. The lowest BCUT2D eigenvalue weighted by Crippen LogP contribution is -2.47. The van der Waals surface area contributed by atoms with Crippen molar-refractivity contribution in [3.63, 3.8) is 0 Å². The molecule has 0 aliphatic carbocycles. The predicted octanol–water partition coefficient (Wildman–Crippen LogP) is 2.54. The largest absolute Gasteiger partial charge is 0.494 e. The number of amides is 3. The molecule has 6 nitrogen and oxygen atoms in total. The summed E-state index contributed by atoms with van der Waals surface area (Å²) in [5.41, 5.74) is 0.592. The van der Waals surface area contributed by atoms with E-state index in [0.29, 0.717) is 26.1 Å². The van der Waals surface area contributed by atoms with Crippen LogP contribution in [0.4, 0.5) is 10.5 Å². The highest BCUT2D eigenvalue weighted by Gasteiger charge is 2.30. The van der Waals surface area contributed by atoms with Crippen molar-refractivity contribution in [3.8, 4) is 5.75 Å². The van der Waals surface area contributed by atoms with Gasteiger partial charge in [0.25, 0.3) is 0 Å². The molecule has 24 heavy (non-hydrogen) atoms. The zero-order chi connectivity index (χ0) is 17.7. The molecule has 2 N–H and O–H groups in total. The summed E-state index contributed by atoms with van der Waals surface area (Å²) >= 11 is 0. The molecule has 1 aliphatic heterocycles. The van der Waals surface area contributed by atoms with E-state index >= 15 is 0 Å². The smallest absolute Gasteiger partial charge is 0.315 e. The number of ether oxygens (including phenoxy) is 1. The van der Waals surface area contributed by atoms with Gasteiger partial charge in [-0.05, 0) is 52.0 Å². The standard InChI is InChI=1S/C18H27N3O3/c1-5-24-15-8-6-14(7-9-15)21-12-13(10-16(21)22)11-19-17(23)20-18(2,3)4/h6-9,13H,5,10-12H2,1-4H3,(H2,19,20,23)/t13-/m1/s1. The molecule has 0 aromatic heterocycles. The lowest BCUT2D eigenvalue weighted by Gasteiger charge is -2.21. The Balaban J connectivity index is 1.87. The molecule has 0 bridgehead atoms. The van der Waals surface area contributed by atoms with Gasteiger partial charge in [0.2, 0.25) is 5.91 Å². The SMILES string of the molecule is CCOc1ccc(N2C[C@@H](CNC(=O)NC(C)(C)C)CC2=O)cc1. The van der Waals surface area contributed by atoms with Crippen molar-refractivity contribution >= 4 is 17.6 Å². The average molecular weight is 333 g/mol. The number of hydrogen-bond acceptors (Lipinski definition) is 3. The Hall–Kier alpha value is -2.24. The molecular formula is C18H27N3O3. The maximum atomic E-state index is 12.2. The number of hydrogen-bond donors (Lipinski definition) is 2. The lowest BCUT2D eigenvalue weighted by atomic mass is 10.1. The van der Waals surface area contributed by atoms with Gasteiger partial charge < -0.3 is 20.3 Å². The van der Waals surface area contributed by atoms with Crippen LogP contribution in [0.5, 0.6) is 5.75 Å². The lowest BCUT2D eigenvalue weighted by molar-refractivity contribution is -0.117. The first kappa shape index (κ1) is 18.1. The average Bonchev–Trinajstić information content (AvgIpc) is 2.86. The van der Waals surface area contributed by atoms with Crippen molar-refractivity contribution in [3.05, 3.63) is 24.3 Å². The van der Waals surface area contributed by atoms with Crippen LogP contribution in [-0.4, -0.2) is 37.2 Å². The molecule has 0 radical (unpaired) electrons. The number of nitrogens with one attached hydrogen (secondary N) is 2. The normalized spacial score (nSPS) is 17.8. The van der Waals surface area contributed by atoms with Gasteiger partial charge in [0.15, 0.2) is 0 Å². The van der Waals surface area contributed by atoms with Crippen LogP contribution in [0.3, 0.4) is 0 Å². The van der Waals surface area contributed by atoms with Gasteiger partial charge in [-0.25, -0.2) is 4.79 Å². The fraction of sp³-hybridized carbons (Fsp3) is 0.556. The Kier molecular flexibility index (Phi) is 5.70. The van der Waals surface area contributed by atoms with Crippen LogP contribution in [0, 0.1) is 5.92 Å². The third-order valence-corrected chi connectivity index (χ3v) is 3.70. The summed E-state index contributed by atoms with van der Waals surface area (Å²) in [6.45, 7) is 9.44. The van der Waals surface area contributed by atoms with Gasteiger partial charge in [0, 0.05) is 36.7 Å². The number of rotatable bonds is 5. The zero-order valence-electron chi connectivity index (χ0n) is 14.9. The summed E-state index contributed by atoms with van der Waals surface area (Å²) in [5, 5.41) is 5.70. The molecule has 1 heterocycles. The monoisotopic (exact) mass is 333 g/mol. The molecule has 2 rings (SSSR count). The Morgan fingerprint density at radius 2 is 1.96 bits per heavy atom. The van der Waals surface area contributed by atoms with Gasteiger partial charge in [0.1, 0.15) is 5.75 Å². The van der Waals surface area contributed by atoms with E-state index in [1.807, 2.05) is 52.0 Å². The summed E-state index contributed by atoms with van der Waals surface area (Å²) in [4.78, 5) is 25.8. The minimum Gasteiger partial charge on any atom is -0.494 e. The van der Waals surface area contributed by atoms with Crippen LogP contribution in [0.25, 0.3) is 0 Å². The maximum absolute atomic E-state index is 12.2. The van der Waals surface area contributed by atoms with Crippen LogP contribution < -0.4 is 20.3 Å². The number of nitrogens with zero attached hydrogens (tertiary/aromatic N) is 1. The van der Waals surface area contributed by atoms with Crippen molar-refractivity contribution in [2.75, 3.05) is 24.6 Å². The first-order chi connectivity index (χ1) is 11.3. The van der Waals surface area contributed by atoms with Crippen LogP contribution in [-0.2, 0) is 4.79 Å². The molecule has 1 aromatic rings. The van der Waals surface area contributed by atoms with Crippen molar-refractivity contribution < 1.29 is 14.3 Å². The molecule has 3 amide bonds. The fourth-order valence-corrected chi connectivity index (χ4v) is 2.68. The number of urea groups is 1. The van der Waals surface area contributed by atoms with Gasteiger partial charge in [0.05, 0.1) is 6.61 Å². The zero-order valence-corrected chi connectivity index (χ0v) is 14.9. The van der Waals surface area contributed by atoms with Crippen LogP contribution in [0.2, 0.25) is 0 Å². The number of carbonyl (C=O) groups is 2. The quantitative estimate of drug-likeness (QED) is 0.870. The molecule has 1 saturated heterocycles. The van der Waals surface area contributed by atoms with Gasteiger partial charge in [-0.2, -0.15) is 0 Å². The molecule has 1 aromatic carbocycles. The molecule has 132 valence electrons. The van der Waals surface area contributed by atoms with E-state index in [1.165, 1.54) is 0 Å². The third kappa shape index (κ3) is 5.15. The van der Waals surface area contributed by atoms with Gasteiger partial charge in [-0.1, -0.05) is 0 Å². The van der Waals surface area contributed by atoms with E-state index in [2.05, 4.69) is 10.6 Å². The van der Waals surface area contributed by atoms with Gasteiger partial charge in [-0.15, -0.1) is 0 Å². The van der Waals surface area contributed by atoms with Crippen molar-refractivity contribution in [1.82, 2.24) is 10.6 Å². The van der Waals surface area contributed by atoms with Crippen molar-refractivity contribution in [1.29, 1.82) is 0 Å². The van der Waals surface area contributed by atoms with Gasteiger partial charge in [-0.3, -0.25) is 4.79 Å². The van der Waals surface area contributed by atoms with E-state index in [9.17, 15) is 9.59 Å². The second kappa shape index (κ2) is 7.55. The van der Waals surface area contributed by atoms with Crippen molar-refractivity contribution in [2.24, 2.45) is 5.92 Å². The molecule has 0 spiro atoms. The van der Waals surface area contributed by atoms with E-state index in [0.717, 1.165) is 11.4 Å². The molecular weight excluding hydrogens is 306 g/mol. The van der Waals surface area contributed by atoms with E-state index in [1.54, 1.807) is 4.90 Å². The summed E-state index contributed by atoms with van der Waals surface area (Å²) in [7, 11) is 0. The maximum Gasteiger partial charge on any atom is 0.315 e. The van der Waals surface area contributed by atoms with Crippen molar-refractivity contribution in [2.45, 2.75) is 39.7 Å². The number of carbonyl (C=O) groups excluding carboxylic acids is 2. The third-order valence-electron chi connectivity index (χ3n) is 3.70. The Morgan fingerprint density at radius 1 is 1.29 bits per heavy atom. The second-order valence-electron chi connectivity index (χ2n) is 7.09. The first-order valence-corrected chi connectivity index (χ1v) is 8.37. The molecule has 1 aliphatic rings. The summed E-state index contributed by atoms with van der Waals surface area (Å²) in [5.74, 6) is 1.00. The minimum absolute atomic E-state index is 0.0854. The van der Waals surface area contributed by atoms with Crippen LogP contribution in [0.1, 0.15) is 34.1 Å². The highest BCUT2D eigenvalue weighted by atomic mass is 16.5. The van der Waals surface area contributed by atoms with Crippen LogP contribution >= 0.6 is 0 Å². The predicted molar refractivity (Wildman–Crippen MR) is 94.4 cm³/mol. The first-order valence-electron chi connectivity index (χ1n) is 8.37. The molecule has 1 atom stereocenters. The molecule has 1 fully saturated rings. The highest BCUT2D eigenvalue weighted by molar-refractivity contribution is 5.95. The van der Waals surface area contributed by atoms with Gasteiger partial charge >= 0.3 is 6.03 Å². The topological polar surface area (TPSA) is 70.7 Å². The highest BCUT2D eigenvalue weighted by Crippen LogP contribution is 2.26. The second-order valence-corrected chi connectivity index (χ2v) is 7.09. The Bertz CT molecular complexity index is 578. The summed E-state index contributed by atoms with van der Waals surface area (Å²) in [6, 6.07) is 7.33. The van der Waals surface area contributed by atoms with E-state index < -0.39 is 0 Å². The molecule has 0 saturated carbocycles.